The predicted octanol–water partition coefficient (Wildman–Crippen LogP) is 4.45. The van der Waals surface area contributed by atoms with Gasteiger partial charge in [0, 0.05) is 32.7 Å². The standard InChI is InChI=1S/C21H23F3N2/c22-21(23,24)20(12-11-18-7-3-1-4-8-18)26-15-13-25(14-16-26)17-19-9-5-2-6-10-19/h1-12,20H,13-17H2. The van der Waals surface area contributed by atoms with Crippen LogP contribution in [0.5, 0.6) is 0 Å². The highest BCUT2D eigenvalue weighted by atomic mass is 19.4. The van der Waals surface area contributed by atoms with Crippen molar-refractivity contribution in [1.29, 1.82) is 0 Å². The van der Waals surface area contributed by atoms with Crippen molar-refractivity contribution >= 4 is 6.08 Å². The first-order valence-electron chi connectivity index (χ1n) is 8.83. The van der Waals surface area contributed by atoms with Gasteiger partial charge in [-0.15, -0.1) is 0 Å². The zero-order valence-electron chi connectivity index (χ0n) is 14.6. The number of rotatable bonds is 5. The molecule has 0 N–H and O–H groups in total. The van der Waals surface area contributed by atoms with Gasteiger partial charge in [0.2, 0.25) is 0 Å². The number of nitrogens with zero attached hydrogens (tertiary/aromatic N) is 2. The maximum Gasteiger partial charge on any atom is 0.407 e. The van der Waals surface area contributed by atoms with Gasteiger partial charge in [0.15, 0.2) is 0 Å². The summed E-state index contributed by atoms with van der Waals surface area (Å²) in [5.74, 6) is 0. The highest BCUT2D eigenvalue weighted by Gasteiger charge is 2.42. The van der Waals surface area contributed by atoms with Gasteiger partial charge in [-0.3, -0.25) is 9.80 Å². The quantitative estimate of drug-likeness (QED) is 0.777. The molecule has 2 aromatic carbocycles. The fourth-order valence-electron chi connectivity index (χ4n) is 3.25. The lowest BCUT2D eigenvalue weighted by molar-refractivity contribution is -0.173. The predicted molar refractivity (Wildman–Crippen MR) is 98.6 cm³/mol. The first-order chi connectivity index (χ1) is 12.5. The molecule has 0 spiro atoms. The first-order valence-corrected chi connectivity index (χ1v) is 8.83. The van der Waals surface area contributed by atoms with Crippen molar-refractivity contribution in [1.82, 2.24) is 9.80 Å². The van der Waals surface area contributed by atoms with Gasteiger partial charge < -0.3 is 0 Å². The van der Waals surface area contributed by atoms with E-state index >= 15 is 0 Å². The maximum absolute atomic E-state index is 13.5. The summed E-state index contributed by atoms with van der Waals surface area (Å²) in [6.45, 7) is 2.89. The van der Waals surface area contributed by atoms with Gasteiger partial charge in [-0.05, 0) is 11.1 Å². The molecule has 138 valence electrons. The summed E-state index contributed by atoms with van der Waals surface area (Å²) in [5, 5.41) is 0. The molecule has 0 bridgehead atoms. The average Bonchev–Trinajstić information content (AvgIpc) is 2.64. The van der Waals surface area contributed by atoms with Gasteiger partial charge in [-0.25, -0.2) is 0 Å². The summed E-state index contributed by atoms with van der Waals surface area (Å²) in [6.07, 6.45) is -1.43. The molecule has 2 aromatic rings. The van der Waals surface area contributed by atoms with Crippen molar-refractivity contribution in [3.63, 3.8) is 0 Å². The molecule has 26 heavy (non-hydrogen) atoms. The Morgan fingerprint density at radius 3 is 2.00 bits per heavy atom. The second kappa shape index (κ2) is 8.52. The highest BCUT2D eigenvalue weighted by molar-refractivity contribution is 5.49. The van der Waals surface area contributed by atoms with E-state index in [0.29, 0.717) is 26.2 Å². The Balaban J connectivity index is 1.61. The molecule has 0 amide bonds. The van der Waals surface area contributed by atoms with Gasteiger partial charge in [-0.2, -0.15) is 13.2 Å². The zero-order valence-corrected chi connectivity index (χ0v) is 14.6. The SMILES string of the molecule is FC(F)(F)C(C=Cc1ccccc1)N1CCN(Cc2ccccc2)CC1. The number of alkyl halides is 3. The molecule has 3 rings (SSSR count). The molecule has 0 aliphatic carbocycles. The third kappa shape index (κ3) is 5.19. The summed E-state index contributed by atoms with van der Waals surface area (Å²) in [6, 6.07) is 17.6. The summed E-state index contributed by atoms with van der Waals surface area (Å²) in [5.41, 5.74) is 1.97. The fourth-order valence-corrected chi connectivity index (χ4v) is 3.25. The maximum atomic E-state index is 13.5. The minimum absolute atomic E-state index is 0.413. The summed E-state index contributed by atoms with van der Waals surface area (Å²) in [4.78, 5) is 3.74. The lowest BCUT2D eigenvalue weighted by Gasteiger charge is -2.38. The monoisotopic (exact) mass is 360 g/mol. The highest BCUT2D eigenvalue weighted by Crippen LogP contribution is 2.27. The smallest absolute Gasteiger partial charge is 0.297 e. The molecule has 1 atom stereocenters. The Labute approximate surface area is 152 Å². The van der Waals surface area contributed by atoms with Crippen molar-refractivity contribution in [2.45, 2.75) is 18.8 Å². The summed E-state index contributed by atoms with van der Waals surface area (Å²) in [7, 11) is 0. The van der Waals surface area contributed by atoms with Crippen molar-refractivity contribution in [3.05, 3.63) is 77.9 Å². The van der Waals surface area contributed by atoms with Gasteiger partial charge in [0.25, 0.3) is 0 Å². The van der Waals surface area contributed by atoms with Crippen LogP contribution in [0.3, 0.4) is 0 Å². The fraction of sp³-hybridized carbons (Fsp3) is 0.333. The van der Waals surface area contributed by atoms with Gasteiger partial charge >= 0.3 is 6.18 Å². The first kappa shape index (κ1) is 18.7. The number of piperazine rings is 1. The van der Waals surface area contributed by atoms with Crippen LogP contribution in [0.15, 0.2) is 66.7 Å². The average molecular weight is 360 g/mol. The van der Waals surface area contributed by atoms with E-state index in [1.807, 2.05) is 60.7 Å². The molecule has 0 radical (unpaired) electrons. The number of benzene rings is 2. The van der Waals surface area contributed by atoms with Crippen LogP contribution in [0.1, 0.15) is 11.1 Å². The normalized spacial score (nSPS) is 18.3. The number of hydrogen-bond donors (Lipinski definition) is 0. The van der Waals surface area contributed by atoms with Crippen LogP contribution >= 0.6 is 0 Å². The molecule has 0 saturated carbocycles. The third-order valence-corrected chi connectivity index (χ3v) is 4.66. The van der Waals surface area contributed by atoms with Crippen LogP contribution in [0.25, 0.3) is 6.08 Å². The largest absolute Gasteiger partial charge is 0.407 e. The van der Waals surface area contributed by atoms with Crippen molar-refractivity contribution in [2.24, 2.45) is 0 Å². The molecule has 1 aliphatic heterocycles. The molecule has 1 saturated heterocycles. The lowest BCUT2D eigenvalue weighted by Crippen LogP contribution is -2.53. The van der Waals surface area contributed by atoms with E-state index in [1.54, 1.807) is 6.08 Å². The second-order valence-corrected chi connectivity index (χ2v) is 6.55. The molecular weight excluding hydrogens is 337 g/mol. The number of halogens is 3. The van der Waals surface area contributed by atoms with Gasteiger partial charge in [0.1, 0.15) is 6.04 Å². The second-order valence-electron chi connectivity index (χ2n) is 6.55. The Kier molecular flexibility index (Phi) is 6.12. The van der Waals surface area contributed by atoms with E-state index < -0.39 is 12.2 Å². The summed E-state index contributed by atoms with van der Waals surface area (Å²) < 4.78 is 40.6. The van der Waals surface area contributed by atoms with E-state index in [0.717, 1.165) is 12.1 Å². The zero-order chi connectivity index (χ0) is 18.4. The van der Waals surface area contributed by atoms with E-state index in [9.17, 15) is 13.2 Å². The van der Waals surface area contributed by atoms with E-state index in [1.165, 1.54) is 16.5 Å². The van der Waals surface area contributed by atoms with Crippen molar-refractivity contribution < 1.29 is 13.2 Å². The van der Waals surface area contributed by atoms with Crippen LogP contribution in [0, 0.1) is 0 Å². The third-order valence-electron chi connectivity index (χ3n) is 4.66. The number of hydrogen-bond acceptors (Lipinski definition) is 2. The minimum atomic E-state index is -4.27. The van der Waals surface area contributed by atoms with Gasteiger partial charge in [-0.1, -0.05) is 72.8 Å². The van der Waals surface area contributed by atoms with E-state index in [2.05, 4.69) is 4.90 Å². The minimum Gasteiger partial charge on any atom is -0.297 e. The molecule has 1 unspecified atom stereocenters. The van der Waals surface area contributed by atoms with Gasteiger partial charge in [0.05, 0.1) is 0 Å². The van der Waals surface area contributed by atoms with Crippen LogP contribution in [0.4, 0.5) is 13.2 Å². The van der Waals surface area contributed by atoms with Crippen LogP contribution in [-0.2, 0) is 6.54 Å². The van der Waals surface area contributed by atoms with Crippen LogP contribution < -0.4 is 0 Å². The van der Waals surface area contributed by atoms with Crippen LogP contribution in [0.2, 0.25) is 0 Å². The van der Waals surface area contributed by atoms with E-state index in [4.69, 9.17) is 0 Å². The Morgan fingerprint density at radius 1 is 0.846 bits per heavy atom. The Bertz CT molecular complexity index is 690. The molecule has 2 nitrogen and oxygen atoms in total. The molecule has 0 aromatic heterocycles. The Hall–Kier alpha value is -2.11. The van der Waals surface area contributed by atoms with Crippen molar-refractivity contribution in [2.75, 3.05) is 26.2 Å². The molecule has 1 aliphatic rings. The lowest BCUT2D eigenvalue weighted by atomic mass is 10.1. The summed E-state index contributed by atoms with van der Waals surface area (Å²) >= 11 is 0. The topological polar surface area (TPSA) is 6.48 Å². The van der Waals surface area contributed by atoms with E-state index in [-0.39, 0.29) is 0 Å². The van der Waals surface area contributed by atoms with Crippen LogP contribution in [-0.4, -0.2) is 48.2 Å². The Morgan fingerprint density at radius 2 is 1.42 bits per heavy atom. The molecular formula is C21H23F3N2. The van der Waals surface area contributed by atoms with Crippen molar-refractivity contribution in [3.8, 4) is 0 Å². The molecule has 1 heterocycles. The molecule has 5 heteroatoms. The molecule has 1 fully saturated rings.